The molecule has 0 aromatic carbocycles. The van der Waals surface area contributed by atoms with Gasteiger partial charge in [-0.15, -0.1) is 0 Å². The van der Waals surface area contributed by atoms with Crippen LogP contribution in [0, 0.1) is 0 Å². The Morgan fingerprint density at radius 3 is 3.00 bits per heavy atom. The Morgan fingerprint density at radius 1 is 2.17 bits per heavy atom. The van der Waals surface area contributed by atoms with Crippen molar-refractivity contribution in [2.45, 2.75) is 12.5 Å². The van der Waals surface area contributed by atoms with Crippen LogP contribution in [0.3, 0.4) is 0 Å². The van der Waals surface area contributed by atoms with E-state index < -0.39 is 0 Å². The number of rotatable bonds is 1. The molecular weight excluding hydrogens is 78.0 g/mol. The van der Waals surface area contributed by atoms with E-state index in [1.165, 1.54) is 5.31 Å². The summed E-state index contributed by atoms with van der Waals surface area (Å²) in [5, 5.41) is 1.28. The van der Waals surface area contributed by atoms with E-state index in [2.05, 4.69) is 0 Å². The van der Waals surface area contributed by atoms with Crippen molar-refractivity contribution in [1.82, 2.24) is 5.31 Å². The summed E-state index contributed by atoms with van der Waals surface area (Å²) < 4.78 is 6.87. The van der Waals surface area contributed by atoms with Crippen LogP contribution in [-0.2, 0) is 4.79 Å². The number of hydrogen-bond donors (Lipinski definition) is 1. The first-order chi connectivity index (χ1) is 3.34. The average molecular weight is 86.1 g/mol. The van der Waals surface area contributed by atoms with Crippen LogP contribution in [0.4, 0.5) is 0 Å². The summed E-state index contributed by atoms with van der Waals surface area (Å²) in [7, 11) is 0. The third kappa shape index (κ3) is 0.431. The second-order valence-corrected chi connectivity index (χ2v) is 1.40. The quantitative estimate of drug-likeness (QED) is 0.438. The highest BCUT2D eigenvalue weighted by Crippen LogP contribution is 1.95. The molecule has 0 bridgehead atoms. The van der Waals surface area contributed by atoms with Gasteiger partial charge in [-0.1, -0.05) is 0 Å². The molecule has 0 saturated carbocycles. The lowest BCUT2D eigenvalue weighted by molar-refractivity contribution is -0.110. The monoisotopic (exact) mass is 86.1 g/mol. The molecule has 1 aliphatic heterocycles. The van der Waals surface area contributed by atoms with Gasteiger partial charge in [0.15, 0.2) is 0 Å². The van der Waals surface area contributed by atoms with Gasteiger partial charge >= 0.3 is 0 Å². The van der Waals surface area contributed by atoms with Crippen LogP contribution in [-0.4, -0.2) is 18.9 Å². The molecule has 1 aliphatic rings. The molecule has 1 heterocycles. The van der Waals surface area contributed by atoms with Crippen molar-refractivity contribution in [3.8, 4) is 0 Å². The van der Waals surface area contributed by atoms with Gasteiger partial charge in [0.25, 0.3) is 0 Å². The molecule has 0 radical (unpaired) electrons. The van der Waals surface area contributed by atoms with E-state index in [4.69, 9.17) is 1.41 Å². The van der Waals surface area contributed by atoms with Gasteiger partial charge in [-0.3, -0.25) is 0 Å². The Morgan fingerprint density at radius 2 is 3.00 bits per heavy atom. The Kier molecular flexibility index (Phi) is 0.635. The van der Waals surface area contributed by atoms with E-state index in [0.29, 0.717) is 0 Å². The maximum absolute atomic E-state index is 9.84. The van der Waals surface area contributed by atoms with Crippen molar-refractivity contribution >= 4 is 6.29 Å². The number of carbonyl (C=O) groups is 1. The Hall–Kier alpha value is -0.370. The lowest BCUT2D eigenvalue weighted by Gasteiger charge is -2.20. The lowest BCUT2D eigenvalue weighted by Crippen LogP contribution is -2.43. The predicted molar refractivity (Wildman–Crippen MR) is 22.5 cm³/mol. The van der Waals surface area contributed by atoms with Crippen molar-refractivity contribution in [1.29, 1.82) is 0 Å². The van der Waals surface area contributed by atoms with Crippen LogP contribution < -0.4 is 5.31 Å². The van der Waals surface area contributed by atoms with Crippen molar-refractivity contribution in [3.63, 3.8) is 0 Å². The van der Waals surface area contributed by atoms with Crippen molar-refractivity contribution in [3.05, 3.63) is 0 Å². The van der Waals surface area contributed by atoms with Gasteiger partial charge in [-0.25, -0.2) is 0 Å². The molecule has 1 rings (SSSR count). The summed E-state index contributed by atoms with van der Waals surface area (Å²) in [4.78, 5) is 9.84. The third-order valence-electron chi connectivity index (χ3n) is 0.946. The second-order valence-electron chi connectivity index (χ2n) is 1.40. The first kappa shape index (κ1) is 2.75. The minimum atomic E-state index is -0.0972. The fourth-order valence-electron chi connectivity index (χ4n) is 0.389. The molecule has 1 N–H and O–H groups in total. The SMILES string of the molecule is [2H]N1CCC1C=O. The minimum absolute atomic E-state index is 0.0972. The molecule has 6 heavy (non-hydrogen) atoms. The molecule has 1 fully saturated rings. The molecule has 1 saturated heterocycles. The van der Waals surface area contributed by atoms with Crippen LogP contribution in [0.5, 0.6) is 0 Å². The Balaban J connectivity index is 2.28. The zero-order valence-electron chi connectivity index (χ0n) is 4.42. The van der Waals surface area contributed by atoms with Gasteiger partial charge in [-0.2, -0.15) is 0 Å². The highest BCUT2D eigenvalue weighted by molar-refractivity contribution is 5.58. The van der Waals surface area contributed by atoms with E-state index in [0.717, 1.165) is 19.3 Å². The van der Waals surface area contributed by atoms with Gasteiger partial charge in [-0.05, 0) is 13.0 Å². The molecule has 2 nitrogen and oxygen atoms in total. The molecule has 0 amide bonds. The van der Waals surface area contributed by atoms with Crippen molar-refractivity contribution < 1.29 is 6.21 Å². The maximum atomic E-state index is 9.84. The van der Waals surface area contributed by atoms with Crippen LogP contribution in [0.15, 0.2) is 0 Å². The van der Waals surface area contributed by atoms with E-state index in [-0.39, 0.29) is 6.04 Å². The van der Waals surface area contributed by atoms with Gasteiger partial charge in [0, 0.05) is 0 Å². The summed E-state index contributed by atoms with van der Waals surface area (Å²) in [5.41, 5.74) is 0. The first-order valence-corrected chi connectivity index (χ1v) is 2.05. The maximum Gasteiger partial charge on any atom is 0.136 e. The summed E-state index contributed by atoms with van der Waals surface area (Å²) in [5.74, 6) is 0. The highest BCUT2D eigenvalue weighted by Gasteiger charge is 2.13. The second kappa shape index (κ2) is 1.39. The smallest absolute Gasteiger partial charge is 0.136 e. The Labute approximate surface area is 38.0 Å². The van der Waals surface area contributed by atoms with Gasteiger partial charge < -0.3 is 10.1 Å². The van der Waals surface area contributed by atoms with Crippen molar-refractivity contribution in [2.75, 3.05) is 6.54 Å². The number of carbonyl (C=O) groups excluding carboxylic acids is 1. The van der Waals surface area contributed by atoms with Gasteiger partial charge in [0.05, 0.1) is 6.04 Å². The normalized spacial score (nSPS) is 37.3. The topological polar surface area (TPSA) is 29.1 Å². The predicted octanol–water partition coefficient (Wildman–Crippen LogP) is -0.453. The third-order valence-corrected chi connectivity index (χ3v) is 0.946. The minimum Gasteiger partial charge on any atom is -0.308 e. The molecule has 1 unspecified atom stereocenters. The first-order valence-electron chi connectivity index (χ1n) is 2.50. The summed E-state index contributed by atoms with van der Waals surface area (Å²) >= 11 is 0. The highest BCUT2D eigenvalue weighted by atomic mass is 16.1. The van der Waals surface area contributed by atoms with E-state index in [9.17, 15) is 4.79 Å². The number of nitrogens with one attached hydrogen (secondary N) is 1. The molecule has 34 valence electrons. The fraction of sp³-hybridized carbons (Fsp3) is 0.750. The van der Waals surface area contributed by atoms with E-state index >= 15 is 0 Å². The van der Waals surface area contributed by atoms with Gasteiger partial charge in [0.1, 0.15) is 7.70 Å². The molecule has 2 heteroatoms. The summed E-state index contributed by atoms with van der Waals surface area (Å²) in [6.07, 6.45) is 1.68. The summed E-state index contributed by atoms with van der Waals surface area (Å²) in [6, 6.07) is -0.0972. The zero-order valence-corrected chi connectivity index (χ0v) is 3.42. The number of aldehydes is 1. The van der Waals surface area contributed by atoms with E-state index in [1.54, 1.807) is 0 Å². The zero-order chi connectivity index (χ0) is 5.28. The standard InChI is InChI=1S/C4H7NO/c6-3-4-1-2-5-4/h3-5H,1-2H2/i/hD. The molecule has 0 aromatic heterocycles. The van der Waals surface area contributed by atoms with Crippen LogP contribution >= 0.6 is 0 Å². The molecule has 1 atom stereocenters. The average Bonchev–Trinajstić information content (AvgIpc) is 1.65. The molecule has 0 spiro atoms. The van der Waals surface area contributed by atoms with Crippen LogP contribution in [0.2, 0.25) is 1.41 Å². The van der Waals surface area contributed by atoms with Crippen LogP contribution in [0.25, 0.3) is 0 Å². The fourth-order valence-corrected chi connectivity index (χ4v) is 0.389. The molecule has 0 aromatic rings. The lowest BCUT2D eigenvalue weighted by atomic mass is 10.1. The van der Waals surface area contributed by atoms with Crippen LogP contribution in [0.1, 0.15) is 6.42 Å². The largest absolute Gasteiger partial charge is 0.308 e. The molecular formula is C4H7NO. The number of hydrogen-bond acceptors (Lipinski definition) is 2. The van der Waals surface area contributed by atoms with Crippen molar-refractivity contribution in [2.24, 2.45) is 0 Å². The summed E-state index contributed by atoms with van der Waals surface area (Å²) in [6.45, 7) is 0.753. The molecule has 0 aliphatic carbocycles. The van der Waals surface area contributed by atoms with Gasteiger partial charge in [0.2, 0.25) is 0 Å². The Bertz CT molecular complexity index is 85.8. The van der Waals surface area contributed by atoms with E-state index in [1.807, 2.05) is 0 Å².